The third-order valence-corrected chi connectivity index (χ3v) is 10.5. The first kappa shape index (κ1) is 25.8. The Hall–Kier alpha value is -5.46. The second-order valence-corrected chi connectivity index (χ2v) is 13.2. The lowest BCUT2D eigenvalue weighted by Gasteiger charge is -2.21. The van der Waals surface area contributed by atoms with Crippen molar-refractivity contribution in [3.05, 3.63) is 162 Å². The number of benzene rings is 8. The van der Waals surface area contributed by atoms with E-state index in [9.17, 15) is 0 Å². The fourth-order valence-electron chi connectivity index (χ4n) is 8.27. The quantitative estimate of drug-likeness (QED) is 0.181. The summed E-state index contributed by atoms with van der Waals surface area (Å²) in [7, 11) is 0. The molecule has 0 spiro atoms. The van der Waals surface area contributed by atoms with E-state index in [4.69, 9.17) is 0 Å². The highest BCUT2D eigenvalue weighted by atomic mass is 14.3. The van der Waals surface area contributed by atoms with Crippen LogP contribution in [0.2, 0.25) is 0 Å². The van der Waals surface area contributed by atoms with Crippen LogP contribution in [-0.2, 0) is 19.3 Å². The molecule has 2 aliphatic rings. The second kappa shape index (κ2) is 10.0. The molecule has 46 heavy (non-hydrogen) atoms. The average molecular weight is 585 g/mol. The molecule has 0 bridgehead atoms. The van der Waals surface area contributed by atoms with Gasteiger partial charge in [-0.15, -0.1) is 0 Å². The number of rotatable bonds is 3. The van der Waals surface area contributed by atoms with Crippen molar-refractivity contribution in [2.24, 2.45) is 0 Å². The van der Waals surface area contributed by atoms with Gasteiger partial charge in [0, 0.05) is 0 Å². The first-order valence-corrected chi connectivity index (χ1v) is 16.6. The number of hydrogen-bond donors (Lipinski definition) is 0. The van der Waals surface area contributed by atoms with Gasteiger partial charge in [-0.2, -0.15) is 0 Å². The minimum Gasteiger partial charge on any atom is -0.0836 e. The van der Waals surface area contributed by atoms with E-state index in [2.05, 4.69) is 146 Å². The topological polar surface area (TPSA) is 0 Å². The highest BCUT2D eigenvalue weighted by molar-refractivity contribution is 6.16. The van der Waals surface area contributed by atoms with Crippen LogP contribution in [-0.4, -0.2) is 0 Å². The Kier molecular flexibility index (Phi) is 5.63. The van der Waals surface area contributed by atoms with Crippen LogP contribution in [0.5, 0.6) is 0 Å². The van der Waals surface area contributed by atoms with Gasteiger partial charge in [0.1, 0.15) is 0 Å². The molecule has 0 heterocycles. The van der Waals surface area contributed by atoms with Crippen LogP contribution < -0.4 is 0 Å². The van der Waals surface area contributed by atoms with Crippen molar-refractivity contribution in [2.75, 3.05) is 0 Å². The maximum absolute atomic E-state index is 2.53. The molecule has 0 heteroatoms. The summed E-state index contributed by atoms with van der Waals surface area (Å²) in [5.41, 5.74) is 13.7. The predicted octanol–water partition coefficient (Wildman–Crippen LogP) is 12.4. The smallest absolute Gasteiger partial charge is 0.00667 e. The molecule has 216 valence electrons. The van der Waals surface area contributed by atoms with Crippen molar-refractivity contribution >= 4 is 49.2 Å². The van der Waals surface area contributed by atoms with Crippen molar-refractivity contribution in [3.63, 3.8) is 0 Å². The van der Waals surface area contributed by atoms with Gasteiger partial charge in [-0.3, -0.25) is 0 Å². The molecular weight excluding hydrogens is 553 g/mol. The molecule has 10 rings (SSSR count). The third-order valence-electron chi connectivity index (χ3n) is 10.5. The van der Waals surface area contributed by atoms with Crippen molar-refractivity contribution in [1.82, 2.24) is 0 Å². The van der Waals surface area contributed by atoms with Crippen LogP contribution in [0.3, 0.4) is 0 Å². The molecule has 0 fully saturated rings. The highest BCUT2D eigenvalue weighted by Gasteiger charge is 2.22. The lowest BCUT2D eigenvalue weighted by molar-refractivity contribution is 0.991. The van der Waals surface area contributed by atoms with Crippen LogP contribution in [0.1, 0.15) is 28.7 Å². The van der Waals surface area contributed by atoms with E-state index in [0.29, 0.717) is 0 Å². The van der Waals surface area contributed by atoms with E-state index in [1.165, 1.54) is 98.7 Å². The highest BCUT2D eigenvalue weighted by Crippen LogP contribution is 2.44. The van der Waals surface area contributed by atoms with Crippen molar-refractivity contribution in [2.45, 2.75) is 25.7 Å². The summed E-state index contributed by atoms with van der Waals surface area (Å²) in [6, 6.07) is 50.3. The Balaban J connectivity index is 1.09. The van der Waals surface area contributed by atoms with E-state index < -0.39 is 0 Å². The molecule has 0 aliphatic heterocycles. The number of fused-ring (bicyclic) bond motifs is 5. The number of hydrogen-bond acceptors (Lipinski definition) is 0. The molecule has 0 saturated heterocycles. The molecule has 0 saturated carbocycles. The monoisotopic (exact) mass is 584 g/mol. The van der Waals surface area contributed by atoms with Gasteiger partial charge in [0.25, 0.3) is 0 Å². The molecule has 8 aromatic rings. The normalized spacial score (nSPS) is 13.7. The summed E-state index contributed by atoms with van der Waals surface area (Å²) >= 11 is 0. The Morgan fingerprint density at radius 2 is 1.04 bits per heavy atom. The minimum atomic E-state index is 1.09. The fraction of sp³-hybridized carbons (Fsp3) is 0.0870. The Labute approximate surface area is 269 Å². The molecule has 2 aliphatic carbocycles. The van der Waals surface area contributed by atoms with Crippen molar-refractivity contribution < 1.29 is 0 Å². The van der Waals surface area contributed by atoms with E-state index in [1.807, 2.05) is 0 Å². The van der Waals surface area contributed by atoms with Crippen LogP contribution in [0.25, 0.3) is 82.5 Å². The van der Waals surface area contributed by atoms with Crippen LogP contribution in [0, 0.1) is 0 Å². The van der Waals surface area contributed by atoms with E-state index in [0.717, 1.165) is 25.7 Å². The van der Waals surface area contributed by atoms with E-state index in [1.54, 1.807) is 0 Å². The zero-order valence-electron chi connectivity index (χ0n) is 25.7. The largest absolute Gasteiger partial charge is 0.0836 e. The van der Waals surface area contributed by atoms with Crippen LogP contribution >= 0.6 is 0 Å². The summed E-state index contributed by atoms with van der Waals surface area (Å²) in [6.45, 7) is 0. The van der Waals surface area contributed by atoms with Gasteiger partial charge < -0.3 is 0 Å². The van der Waals surface area contributed by atoms with E-state index in [-0.39, 0.29) is 0 Å². The van der Waals surface area contributed by atoms with Crippen molar-refractivity contribution in [3.8, 4) is 33.4 Å². The van der Waals surface area contributed by atoms with Gasteiger partial charge in [0.2, 0.25) is 0 Å². The third kappa shape index (κ3) is 4.00. The van der Waals surface area contributed by atoms with Gasteiger partial charge in [-0.25, -0.2) is 0 Å². The molecule has 0 atom stereocenters. The second-order valence-electron chi connectivity index (χ2n) is 13.2. The first-order valence-electron chi connectivity index (χ1n) is 16.6. The zero-order chi connectivity index (χ0) is 30.2. The number of aryl methyl sites for hydroxylation is 2. The Bertz CT molecular complexity index is 2580. The van der Waals surface area contributed by atoms with Gasteiger partial charge in [-0.05, 0) is 161 Å². The Morgan fingerprint density at radius 3 is 1.87 bits per heavy atom. The van der Waals surface area contributed by atoms with Gasteiger partial charge >= 0.3 is 0 Å². The average Bonchev–Trinajstić information content (AvgIpc) is 3.54. The fourth-order valence-corrected chi connectivity index (χ4v) is 8.27. The minimum absolute atomic E-state index is 1.09. The molecule has 0 N–H and O–H groups in total. The maximum Gasteiger partial charge on any atom is -0.00667 e. The lowest BCUT2D eigenvalue weighted by atomic mass is 9.83. The Morgan fingerprint density at radius 1 is 0.391 bits per heavy atom. The summed E-state index contributed by atoms with van der Waals surface area (Å²) in [6.07, 6.45) is 9.19. The van der Waals surface area contributed by atoms with E-state index >= 15 is 0 Å². The maximum atomic E-state index is 2.53. The first-order chi connectivity index (χ1) is 22.8. The van der Waals surface area contributed by atoms with Crippen LogP contribution in [0.4, 0.5) is 0 Å². The summed E-state index contributed by atoms with van der Waals surface area (Å²) in [5, 5.41) is 10.8. The van der Waals surface area contributed by atoms with Crippen molar-refractivity contribution in [1.29, 1.82) is 0 Å². The van der Waals surface area contributed by atoms with Crippen LogP contribution in [0.15, 0.2) is 140 Å². The molecule has 0 unspecified atom stereocenters. The summed E-state index contributed by atoms with van der Waals surface area (Å²) in [4.78, 5) is 0. The molecule has 0 radical (unpaired) electrons. The summed E-state index contributed by atoms with van der Waals surface area (Å²) in [5.74, 6) is 0. The lowest BCUT2D eigenvalue weighted by Crippen LogP contribution is -2.00. The molecule has 8 aromatic carbocycles. The van der Waals surface area contributed by atoms with Gasteiger partial charge in [0.05, 0.1) is 0 Å². The standard InChI is InChI=1S/C46H32/c1-2-8-31-23-34(17-15-29(31)7-1)32-11-5-12-33(24-32)35-18-19-37-26-39(22-20-36(37)25-35)46-41-13-4-3-9-38(41)27-43-42-14-6-10-30-16-21-40(45(30)42)28-44(43)46/h1-3,5-12,14-15,17-20,22-28H,4,13,16,21H2. The summed E-state index contributed by atoms with van der Waals surface area (Å²) < 4.78 is 0. The molecule has 0 amide bonds. The molecular formula is C46H32. The van der Waals surface area contributed by atoms with Gasteiger partial charge in [0.15, 0.2) is 0 Å². The molecule has 0 nitrogen and oxygen atoms in total. The number of allylic oxidation sites excluding steroid dienone is 1. The SMILES string of the molecule is C1=Cc2cc3c(cc4c5c(cccc53)CC4)c(-c3ccc4cc(-c5cccc(-c6ccc7ccccc7c6)c5)ccc4c3)c2CC1. The predicted molar refractivity (Wildman–Crippen MR) is 198 cm³/mol. The molecule has 0 aromatic heterocycles. The zero-order valence-corrected chi connectivity index (χ0v) is 25.7. The van der Waals surface area contributed by atoms with Gasteiger partial charge in [-0.1, -0.05) is 109 Å².